The standard InChI is InChI=1S/C15H21FN2O/c1-12(2)10-15(19)18-8-6-17(7-9-18)14-5-3-4-13(16)11-14/h3-5,11-12H,6-10H2,1-2H3. The van der Waals surface area contributed by atoms with Crippen molar-refractivity contribution in [2.45, 2.75) is 20.3 Å². The van der Waals surface area contributed by atoms with Crippen molar-refractivity contribution in [3.05, 3.63) is 30.1 Å². The second-order valence-electron chi connectivity index (χ2n) is 5.45. The summed E-state index contributed by atoms with van der Waals surface area (Å²) >= 11 is 0. The Morgan fingerprint density at radius 3 is 2.53 bits per heavy atom. The molecule has 1 aromatic carbocycles. The van der Waals surface area contributed by atoms with Crippen LogP contribution in [0.2, 0.25) is 0 Å². The maximum atomic E-state index is 13.2. The number of anilines is 1. The molecule has 104 valence electrons. The third-order valence-corrected chi connectivity index (χ3v) is 3.39. The van der Waals surface area contributed by atoms with Crippen molar-refractivity contribution < 1.29 is 9.18 Å². The van der Waals surface area contributed by atoms with Gasteiger partial charge in [-0.25, -0.2) is 4.39 Å². The van der Waals surface area contributed by atoms with E-state index in [4.69, 9.17) is 0 Å². The first-order valence-corrected chi connectivity index (χ1v) is 6.84. The molecule has 0 N–H and O–H groups in total. The maximum absolute atomic E-state index is 13.2. The summed E-state index contributed by atoms with van der Waals surface area (Å²) in [7, 11) is 0. The number of carbonyl (C=O) groups excluding carboxylic acids is 1. The summed E-state index contributed by atoms with van der Waals surface area (Å²) in [5, 5.41) is 0. The summed E-state index contributed by atoms with van der Waals surface area (Å²) < 4.78 is 13.2. The summed E-state index contributed by atoms with van der Waals surface area (Å²) in [5.74, 6) is 0.415. The molecule has 0 radical (unpaired) electrons. The number of hydrogen-bond acceptors (Lipinski definition) is 2. The van der Waals surface area contributed by atoms with E-state index in [0.29, 0.717) is 12.3 Å². The lowest BCUT2D eigenvalue weighted by Gasteiger charge is -2.36. The van der Waals surface area contributed by atoms with Crippen molar-refractivity contribution in [1.29, 1.82) is 0 Å². The highest BCUT2D eigenvalue weighted by molar-refractivity contribution is 5.76. The molecular weight excluding hydrogens is 243 g/mol. The van der Waals surface area contributed by atoms with Crippen molar-refractivity contribution in [1.82, 2.24) is 4.90 Å². The summed E-state index contributed by atoms with van der Waals surface area (Å²) in [6.07, 6.45) is 0.611. The van der Waals surface area contributed by atoms with Gasteiger partial charge in [-0.3, -0.25) is 4.79 Å². The van der Waals surface area contributed by atoms with E-state index in [0.717, 1.165) is 31.9 Å². The van der Waals surface area contributed by atoms with Crippen LogP contribution in [0.5, 0.6) is 0 Å². The monoisotopic (exact) mass is 264 g/mol. The summed E-state index contributed by atoms with van der Waals surface area (Å²) in [4.78, 5) is 16.0. The molecule has 1 aliphatic heterocycles. The summed E-state index contributed by atoms with van der Waals surface area (Å²) in [5.41, 5.74) is 0.899. The van der Waals surface area contributed by atoms with Gasteiger partial charge in [-0.05, 0) is 24.1 Å². The number of carbonyl (C=O) groups is 1. The van der Waals surface area contributed by atoms with Crippen LogP contribution in [0, 0.1) is 11.7 Å². The first kappa shape index (κ1) is 13.8. The van der Waals surface area contributed by atoms with Gasteiger partial charge in [-0.1, -0.05) is 19.9 Å². The molecule has 1 heterocycles. The predicted octanol–water partition coefficient (Wildman–Crippen LogP) is 2.52. The van der Waals surface area contributed by atoms with E-state index in [1.165, 1.54) is 6.07 Å². The fourth-order valence-corrected chi connectivity index (χ4v) is 2.37. The van der Waals surface area contributed by atoms with Crippen LogP contribution >= 0.6 is 0 Å². The van der Waals surface area contributed by atoms with Crippen molar-refractivity contribution in [2.75, 3.05) is 31.1 Å². The topological polar surface area (TPSA) is 23.6 Å². The molecule has 3 nitrogen and oxygen atoms in total. The molecule has 0 aliphatic carbocycles. The highest BCUT2D eigenvalue weighted by Crippen LogP contribution is 2.18. The van der Waals surface area contributed by atoms with Gasteiger partial charge in [0.25, 0.3) is 0 Å². The SMILES string of the molecule is CC(C)CC(=O)N1CCN(c2cccc(F)c2)CC1. The third-order valence-electron chi connectivity index (χ3n) is 3.39. The molecular formula is C15H21FN2O. The Bertz CT molecular complexity index is 440. The Hall–Kier alpha value is -1.58. The minimum absolute atomic E-state index is 0.212. The lowest BCUT2D eigenvalue weighted by atomic mass is 10.1. The fourth-order valence-electron chi connectivity index (χ4n) is 2.37. The Labute approximate surface area is 114 Å². The second kappa shape index (κ2) is 6.04. The maximum Gasteiger partial charge on any atom is 0.222 e. The molecule has 2 rings (SSSR count). The first-order valence-electron chi connectivity index (χ1n) is 6.84. The van der Waals surface area contributed by atoms with Gasteiger partial charge in [0.05, 0.1) is 0 Å². The van der Waals surface area contributed by atoms with Gasteiger partial charge in [0.15, 0.2) is 0 Å². The largest absolute Gasteiger partial charge is 0.368 e. The predicted molar refractivity (Wildman–Crippen MR) is 74.6 cm³/mol. The van der Waals surface area contributed by atoms with E-state index in [1.807, 2.05) is 11.0 Å². The molecule has 0 unspecified atom stereocenters. The second-order valence-corrected chi connectivity index (χ2v) is 5.45. The van der Waals surface area contributed by atoms with Gasteiger partial charge in [-0.15, -0.1) is 0 Å². The van der Waals surface area contributed by atoms with Crippen LogP contribution in [-0.4, -0.2) is 37.0 Å². The molecule has 1 amide bonds. The highest BCUT2D eigenvalue weighted by Gasteiger charge is 2.21. The van der Waals surface area contributed by atoms with Crippen LogP contribution in [0.3, 0.4) is 0 Å². The number of hydrogen-bond donors (Lipinski definition) is 0. The van der Waals surface area contributed by atoms with E-state index in [-0.39, 0.29) is 11.7 Å². The van der Waals surface area contributed by atoms with Gasteiger partial charge >= 0.3 is 0 Å². The Kier molecular flexibility index (Phi) is 4.40. The van der Waals surface area contributed by atoms with Crippen molar-refractivity contribution in [3.63, 3.8) is 0 Å². The van der Waals surface area contributed by atoms with Crippen LogP contribution < -0.4 is 4.90 Å². The minimum atomic E-state index is -0.212. The van der Waals surface area contributed by atoms with Crippen LogP contribution in [0.15, 0.2) is 24.3 Å². The molecule has 4 heteroatoms. The number of rotatable bonds is 3. The molecule has 1 fully saturated rings. The van der Waals surface area contributed by atoms with Crippen LogP contribution in [0.25, 0.3) is 0 Å². The molecule has 0 bridgehead atoms. The van der Waals surface area contributed by atoms with E-state index < -0.39 is 0 Å². The molecule has 19 heavy (non-hydrogen) atoms. The smallest absolute Gasteiger partial charge is 0.222 e. The zero-order valence-electron chi connectivity index (χ0n) is 11.6. The summed E-state index contributed by atoms with van der Waals surface area (Å²) in [6, 6.07) is 6.63. The Morgan fingerprint density at radius 1 is 1.26 bits per heavy atom. The average molecular weight is 264 g/mol. The normalized spacial score (nSPS) is 16.0. The minimum Gasteiger partial charge on any atom is -0.368 e. The van der Waals surface area contributed by atoms with Crippen molar-refractivity contribution >= 4 is 11.6 Å². The van der Waals surface area contributed by atoms with Gasteiger partial charge in [0.2, 0.25) is 5.91 Å². The van der Waals surface area contributed by atoms with Gasteiger partial charge in [0, 0.05) is 38.3 Å². The number of nitrogens with zero attached hydrogens (tertiary/aromatic N) is 2. The van der Waals surface area contributed by atoms with Crippen LogP contribution in [0.1, 0.15) is 20.3 Å². The molecule has 0 aromatic heterocycles. The number of halogens is 1. The van der Waals surface area contributed by atoms with Gasteiger partial charge in [0.1, 0.15) is 5.82 Å². The molecule has 0 saturated carbocycles. The molecule has 0 atom stereocenters. The first-order chi connectivity index (χ1) is 9.06. The fraction of sp³-hybridized carbons (Fsp3) is 0.533. The van der Waals surface area contributed by atoms with Crippen LogP contribution in [-0.2, 0) is 4.79 Å². The van der Waals surface area contributed by atoms with Crippen molar-refractivity contribution in [3.8, 4) is 0 Å². The van der Waals surface area contributed by atoms with Crippen LogP contribution in [0.4, 0.5) is 10.1 Å². The highest BCUT2D eigenvalue weighted by atomic mass is 19.1. The van der Waals surface area contributed by atoms with E-state index in [1.54, 1.807) is 12.1 Å². The summed E-state index contributed by atoms with van der Waals surface area (Å²) in [6.45, 7) is 7.10. The van der Waals surface area contributed by atoms with Gasteiger partial charge < -0.3 is 9.80 Å². The van der Waals surface area contributed by atoms with E-state index in [9.17, 15) is 9.18 Å². The number of benzene rings is 1. The average Bonchev–Trinajstić information content (AvgIpc) is 2.38. The molecule has 1 saturated heterocycles. The lowest BCUT2D eigenvalue weighted by Crippen LogP contribution is -2.49. The van der Waals surface area contributed by atoms with E-state index >= 15 is 0 Å². The molecule has 0 spiro atoms. The lowest BCUT2D eigenvalue weighted by molar-refractivity contribution is -0.132. The number of amides is 1. The van der Waals surface area contributed by atoms with Gasteiger partial charge in [-0.2, -0.15) is 0 Å². The molecule has 1 aliphatic rings. The Balaban J connectivity index is 1.90. The molecule has 1 aromatic rings. The zero-order valence-corrected chi connectivity index (χ0v) is 11.6. The Morgan fingerprint density at radius 2 is 1.95 bits per heavy atom. The number of piperazine rings is 1. The third kappa shape index (κ3) is 3.69. The van der Waals surface area contributed by atoms with Crippen molar-refractivity contribution in [2.24, 2.45) is 5.92 Å². The van der Waals surface area contributed by atoms with E-state index in [2.05, 4.69) is 18.7 Å². The zero-order chi connectivity index (χ0) is 13.8. The quantitative estimate of drug-likeness (QED) is 0.837.